The number of aromatic hydroxyl groups is 1. The number of fused-ring (bicyclic) bond motifs is 4. The molecule has 1 saturated heterocycles. The van der Waals surface area contributed by atoms with Gasteiger partial charge >= 0.3 is 6.03 Å². The van der Waals surface area contributed by atoms with Crippen molar-refractivity contribution in [2.75, 3.05) is 26.2 Å². The third-order valence-corrected chi connectivity index (χ3v) is 7.20. The Hall–Kier alpha value is -3.52. The molecular formula is C28H34N4O4. The molecule has 36 heavy (non-hydrogen) atoms. The maximum absolute atomic E-state index is 13.8. The summed E-state index contributed by atoms with van der Waals surface area (Å²) in [5.41, 5.74) is 2.49. The van der Waals surface area contributed by atoms with E-state index in [0.717, 1.165) is 40.0 Å². The highest BCUT2D eigenvalue weighted by atomic mass is 16.5. The average molecular weight is 491 g/mol. The topological polar surface area (TPSA) is 97.9 Å². The molecular weight excluding hydrogens is 456 g/mol. The number of nitrogens with one attached hydrogen (secondary N) is 2. The lowest BCUT2D eigenvalue weighted by Gasteiger charge is -2.42. The Bertz CT molecular complexity index is 1320. The molecule has 2 aliphatic rings. The van der Waals surface area contributed by atoms with E-state index >= 15 is 0 Å². The Kier molecular flexibility index (Phi) is 6.16. The molecule has 2 aromatic carbocycles. The molecule has 1 fully saturated rings. The van der Waals surface area contributed by atoms with E-state index in [2.05, 4.69) is 24.1 Å². The van der Waals surface area contributed by atoms with E-state index in [9.17, 15) is 14.7 Å². The first-order chi connectivity index (χ1) is 17.2. The van der Waals surface area contributed by atoms with E-state index in [4.69, 9.17) is 4.74 Å². The van der Waals surface area contributed by atoms with Crippen molar-refractivity contribution in [3.05, 3.63) is 59.3 Å². The third-order valence-electron chi connectivity index (χ3n) is 7.20. The maximum atomic E-state index is 13.8. The summed E-state index contributed by atoms with van der Waals surface area (Å²) < 4.78 is 5.75. The molecule has 0 aliphatic carbocycles. The zero-order valence-corrected chi connectivity index (χ0v) is 21.3. The molecule has 8 nitrogen and oxygen atoms in total. The number of ether oxygens (including phenoxy) is 1. The first kappa shape index (κ1) is 24.2. The van der Waals surface area contributed by atoms with Crippen LogP contribution in [0.5, 0.6) is 11.5 Å². The highest BCUT2D eigenvalue weighted by molar-refractivity contribution is 6.08. The second kappa shape index (κ2) is 9.17. The number of phenolic OH excluding ortho intramolecular Hbond substituents is 1. The number of hydrogen-bond acceptors (Lipinski definition) is 5. The zero-order valence-electron chi connectivity index (χ0n) is 21.3. The van der Waals surface area contributed by atoms with Crippen LogP contribution < -0.4 is 10.1 Å². The summed E-state index contributed by atoms with van der Waals surface area (Å²) in [6, 6.07) is 12.0. The normalized spacial score (nSPS) is 21.4. The molecule has 2 aliphatic heterocycles. The number of phenols is 1. The van der Waals surface area contributed by atoms with Crippen molar-refractivity contribution in [3.8, 4) is 11.5 Å². The second-order valence-electron chi connectivity index (χ2n) is 10.3. The summed E-state index contributed by atoms with van der Waals surface area (Å²) in [4.78, 5) is 34.3. The molecule has 3 heterocycles. The van der Waals surface area contributed by atoms with E-state index in [-0.39, 0.29) is 17.7 Å². The Morgan fingerprint density at radius 2 is 2.03 bits per heavy atom. The molecule has 190 valence electrons. The molecule has 3 N–H and O–H groups in total. The van der Waals surface area contributed by atoms with Crippen LogP contribution in [0, 0.1) is 5.92 Å². The van der Waals surface area contributed by atoms with Crippen LogP contribution in [0.25, 0.3) is 10.9 Å². The number of hydrogen-bond donors (Lipinski definition) is 3. The summed E-state index contributed by atoms with van der Waals surface area (Å²) in [5.74, 6) is 1.17. The number of rotatable bonds is 8. The average Bonchev–Trinajstić information content (AvgIpc) is 3.27. The smallest absolute Gasteiger partial charge is 0.328 e. The number of carbonyl (C=O) groups excluding carboxylic acids is 2. The monoisotopic (exact) mass is 490 g/mol. The van der Waals surface area contributed by atoms with Gasteiger partial charge in [-0.2, -0.15) is 0 Å². The first-order valence-corrected chi connectivity index (χ1v) is 12.7. The van der Waals surface area contributed by atoms with E-state index < -0.39 is 11.6 Å². The van der Waals surface area contributed by atoms with Crippen molar-refractivity contribution in [2.24, 2.45) is 5.92 Å². The molecule has 3 aromatic rings. The van der Waals surface area contributed by atoms with Gasteiger partial charge < -0.3 is 20.1 Å². The Morgan fingerprint density at radius 3 is 2.75 bits per heavy atom. The van der Waals surface area contributed by atoms with Gasteiger partial charge in [0.25, 0.3) is 5.91 Å². The summed E-state index contributed by atoms with van der Waals surface area (Å²) >= 11 is 0. The molecule has 0 spiro atoms. The van der Waals surface area contributed by atoms with Gasteiger partial charge in [-0.3, -0.25) is 14.6 Å². The summed E-state index contributed by atoms with van der Waals surface area (Å²) in [6.45, 7) is 10.3. The molecule has 0 radical (unpaired) electrons. The predicted octanol–water partition coefficient (Wildman–Crippen LogP) is 4.19. The molecule has 8 heteroatoms. The molecule has 2 atom stereocenters. The van der Waals surface area contributed by atoms with E-state index in [1.807, 2.05) is 38.1 Å². The summed E-state index contributed by atoms with van der Waals surface area (Å²) in [5, 5.41) is 14.6. The maximum Gasteiger partial charge on any atom is 0.328 e. The molecule has 5 rings (SSSR count). The molecule has 3 amide bonds. The highest BCUT2D eigenvalue weighted by Gasteiger charge is 2.60. The molecule has 1 aromatic heterocycles. The van der Waals surface area contributed by atoms with Crippen LogP contribution in [0.4, 0.5) is 4.79 Å². The van der Waals surface area contributed by atoms with Gasteiger partial charge in [-0.25, -0.2) is 4.79 Å². The fourth-order valence-electron chi connectivity index (χ4n) is 5.57. The number of urea groups is 1. The van der Waals surface area contributed by atoms with Crippen molar-refractivity contribution in [1.29, 1.82) is 0 Å². The number of aromatic nitrogens is 1. The van der Waals surface area contributed by atoms with Crippen molar-refractivity contribution in [1.82, 2.24) is 20.1 Å². The van der Waals surface area contributed by atoms with Crippen LogP contribution in [0.3, 0.4) is 0 Å². The zero-order chi connectivity index (χ0) is 25.6. The van der Waals surface area contributed by atoms with Crippen LogP contribution in [0.1, 0.15) is 50.6 Å². The second-order valence-corrected chi connectivity index (χ2v) is 10.3. The quantitative estimate of drug-likeness (QED) is 0.325. The fourth-order valence-corrected chi connectivity index (χ4v) is 5.57. The van der Waals surface area contributed by atoms with Crippen LogP contribution in [-0.2, 0) is 11.2 Å². The van der Waals surface area contributed by atoms with Gasteiger partial charge in [0.2, 0.25) is 0 Å². The van der Waals surface area contributed by atoms with Gasteiger partial charge in [-0.1, -0.05) is 26.0 Å². The third kappa shape index (κ3) is 3.89. The van der Waals surface area contributed by atoms with Crippen LogP contribution >= 0.6 is 0 Å². The van der Waals surface area contributed by atoms with Gasteiger partial charge in [0.1, 0.15) is 23.1 Å². The van der Waals surface area contributed by atoms with Crippen molar-refractivity contribution >= 4 is 22.8 Å². The van der Waals surface area contributed by atoms with Gasteiger partial charge in [0.05, 0.1) is 6.61 Å². The standard InChI is InChI=1S/C28H34N4O4/c1-5-36-20-9-10-23-21(14-20)22-15-28(4)26(34)31(12-11-29-16-17(2)3)27(35)32(28)25(24(22)30-23)18-7-6-8-19(33)13-18/h6-10,13-14,17,25,29-30,33H,5,11-12,15-16H2,1-4H3. The SMILES string of the molecule is CCOc1ccc2[nH]c3c(c2c1)CC1(C)C(=O)N(CCNCC(C)C)C(=O)N1C3c1cccc(O)c1. The summed E-state index contributed by atoms with van der Waals surface area (Å²) in [7, 11) is 0. The van der Waals surface area contributed by atoms with E-state index in [1.54, 1.807) is 23.1 Å². The van der Waals surface area contributed by atoms with Crippen LogP contribution in [-0.4, -0.2) is 63.6 Å². The molecule has 0 saturated carbocycles. The number of carbonyl (C=O) groups is 2. The van der Waals surface area contributed by atoms with Crippen molar-refractivity contribution in [3.63, 3.8) is 0 Å². The Balaban J connectivity index is 1.61. The lowest BCUT2D eigenvalue weighted by molar-refractivity contribution is -0.133. The number of H-pyrrole nitrogens is 1. The lowest BCUT2D eigenvalue weighted by atomic mass is 9.81. The van der Waals surface area contributed by atoms with Gasteiger partial charge in [-0.05, 0) is 67.8 Å². The number of nitrogens with zero attached hydrogens (tertiary/aromatic N) is 2. The van der Waals surface area contributed by atoms with Crippen LogP contribution in [0.15, 0.2) is 42.5 Å². The first-order valence-electron chi connectivity index (χ1n) is 12.7. The van der Waals surface area contributed by atoms with E-state index in [0.29, 0.717) is 32.0 Å². The number of amides is 3. The largest absolute Gasteiger partial charge is 0.508 e. The highest BCUT2D eigenvalue weighted by Crippen LogP contribution is 2.49. The predicted molar refractivity (Wildman–Crippen MR) is 138 cm³/mol. The van der Waals surface area contributed by atoms with Gasteiger partial charge in [-0.15, -0.1) is 0 Å². The van der Waals surface area contributed by atoms with Crippen molar-refractivity contribution in [2.45, 2.75) is 45.7 Å². The summed E-state index contributed by atoms with van der Waals surface area (Å²) in [6.07, 6.45) is 0.397. The Labute approximate surface area is 211 Å². The number of imide groups is 1. The lowest BCUT2D eigenvalue weighted by Crippen LogP contribution is -2.53. The van der Waals surface area contributed by atoms with E-state index in [1.165, 1.54) is 4.90 Å². The Morgan fingerprint density at radius 1 is 1.22 bits per heavy atom. The minimum atomic E-state index is -1.05. The molecule has 0 bridgehead atoms. The van der Waals surface area contributed by atoms with Crippen molar-refractivity contribution < 1.29 is 19.4 Å². The number of benzene rings is 2. The molecule has 2 unspecified atom stereocenters. The number of aromatic amines is 1. The minimum Gasteiger partial charge on any atom is -0.508 e. The van der Waals surface area contributed by atoms with Crippen LogP contribution in [0.2, 0.25) is 0 Å². The minimum absolute atomic E-state index is 0.115. The van der Waals surface area contributed by atoms with Gasteiger partial charge in [0, 0.05) is 36.1 Å². The van der Waals surface area contributed by atoms with Gasteiger partial charge in [0.15, 0.2) is 0 Å². The fraction of sp³-hybridized carbons (Fsp3) is 0.429.